The van der Waals surface area contributed by atoms with Crippen molar-refractivity contribution in [2.24, 2.45) is 0 Å². The van der Waals surface area contributed by atoms with Gasteiger partial charge in [-0.1, -0.05) is 200 Å². The van der Waals surface area contributed by atoms with Crippen molar-refractivity contribution >= 4 is 97.9 Å². The Morgan fingerprint density at radius 3 is 0.633 bits per heavy atom. The van der Waals surface area contributed by atoms with Crippen LogP contribution >= 0.6 is 0 Å². The minimum absolute atomic E-state index is 0.810. The van der Waals surface area contributed by atoms with E-state index in [1.54, 1.807) is 31.0 Å². The minimum Gasteiger partial charge on any atom is -0.264 e. The van der Waals surface area contributed by atoms with Crippen LogP contribution in [0, 0.1) is 0 Å². The zero-order chi connectivity index (χ0) is 61.3. The Kier molecular flexibility index (Phi) is 22.9. The van der Waals surface area contributed by atoms with Crippen molar-refractivity contribution in [2.75, 3.05) is 0 Å². The third-order valence-corrected chi connectivity index (χ3v) is 13.6. The number of hydrogen-bond acceptors (Lipinski definition) is 10. The van der Waals surface area contributed by atoms with Crippen LogP contribution < -0.4 is 0 Å². The van der Waals surface area contributed by atoms with Crippen molar-refractivity contribution < 1.29 is 0 Å². The van der Waals surface area contributed by atoms with E-state index in [0.717, 1.165) is 44.0 Å². The Hall–Kier alpha value is -12.4. The maximum absolute atomic E-state index is 4.18. The Balaban J connectivity index is 0.000000111. The minimum atomic E-state index is 0.810. The molecule has 10 heterocycles. The van der Waals surface area contributed by atoms with Crippen molar-refractivity contribution in [3.8, 4) is 0 Å². The molecule has 10 aromatic heterocycles. The van der Waals surface area contributed by atoms with Gasteiger partial charge in [0.2, 0.25) is 0 Å². The van der Waals surface area contributed by atoms with Gasteiger partial charge in [0.05, 0.1) is 33.8 Å². The Morgan fingerprint density at radius 2 is 0.344 bits per heavy atom. The fourth-order valence-corrected chi connectivity index (χ4v) is 9.07. The molecule has 10 heteroatoms. The van der Waals surface area contributed by atoms with E-state index >= 15 is 0 Å². The van der Waals surface area contributed by atoms with Gasteiger partial charge in [0, 0.05) is 107 Å². The van der Waals surface area contributed by atoms with E-state index in [-0.39, 0.29) is 0 Å². The lowest BCUT2D eigenvalue weighted by Crippen LogP contribution is -1.78. The smallest absolute Gasteiger partial charge is 0.159 e. The molecule has 0 aliphatic rings. The van der Waals surface area contributed by atoms with Crippen LogP contribution in [0.4, 0.5) is 0 Å². The fourth-order valence-electron chi connectivity index (χ4n) is 9.07. The second-order valence-corrected chi connectivity index (χ2v) is 19.7. The number of aromatic nitrogens is 10. The molecule has 0 radical (unpaired) electrons. The number of benzene rings is 8. The molecule has 8 aromatic carbocycles. The maximum Gasteiger partial charge on any atom is 0.159 e. The van der Waals surface area contributed by atoms with Gasteiger partial charge in [-0.15, -0.1) is 0 Å². The highest BCUT2D eigenvalue weighted by Gasteiger charge is 1.94. The molecule has 432 valence electrons. The summed E-state index contributed by atoms with van der Waals surface area (Å²) in [6.45, 7) is 0. The molecular weight excluding hydrogens is 1100 g/mol. The van der Waals surface area contributed by atoms with Gasteiger partial charge in [0.25, 0.3) is 0 Å². The Morgan fingerprint density at radius 1 is 0.133 bits per heavy atom. The number of para-hydroxylation sites is 4. The number of nitrogens with zero attached hydrogens (tertiary/aromatic N) is 10. The highest BCUT2D eigenvalue weighted by molar-refractivity contribution is 5.84. The lowest BCUT2D eigenvalue weighted by Gasteiger charge is -1.92. The largest absolute Gasteiger partial charge is 0.264 e. The standard InChI is InChI=1S/C10H8.6C9H7N.2C8H6N2/c1-2-6-10-8-4-3-7-9(10)5-1;4*1-2-6-9-8(4-1)5-3-7-10-9;2*1-2-4-9-7-10-6-5-8(9)3-1;1-3-7-4-2-6-10-8(7)9-5-1;1-2-7-3-5-9-6-8(7)10-4-1/h1-8H;6*1-7H;2*1-6H. The SMILES string of the molecule is c1ccc2ccccc2c1.c1ccc2cnccc2c1.c1ccc2cnccc2c1.c1ccc2ncccc2c1.c1ccc2ncccc2c1.c1ccc2ncccc2c1.c1ccc2ncccc2c1.c1cnc2cnccc2c1.c1cnc2ncccc2c1. The third-order valence-electron chi connectivity index (χ3n) is 13.6. The van der Waals surface area contributed by atoms with E-state index in [1.807, 2.05) is 225 Å². The molecule has 0 saturated carbocycles. The van der Waals surface area contributed by atoms with Crippen LogP contribution in [-0.2, 0) is 0 Å². The molecule has 0 aliphatic carbocycles. The third kappa shape index (κ3) is 18.8. The summed E-state index contributed by atoms with van der Waals surface area (Å²) in [5.74, 6) is 0. The van der Waals surface area contributed by atoms with E-state index in [2.05, 4.69) is 171 Å². The molecule has 18 aromatic rings. The predicted octanol–water partition coefficient (Wildman–Crippen LogP) is 19.5. The summed E-state index contributed by atoms with van der Waals surface area (Å²) in [7, 11) is 0. The summed E-state index contributed by atoms with van der Waals surface area (Å²) in [6.07, 6.45) is 23.4. The Bertz CT molecular complexity index is 3500. The molecule has 18 rings (SSSR count). The highest BCUT2D eigenvalue weighted by atomic mass is 14.8. The summed E-state index contributed by atoms with van der Waals surface area (Å²) >= 11 is 0. The molecule has 0 bridgehead atoms. The number of pyridine rings is 10. The summed E-state index contributed by atoms with van der Waals surface area (Å²) in [6, 6.07) is 99.1. The average molecular weight is 1160 g/mol. The van der Waals surface area contributed by atoms with Crippen molar-refractivity contribution in [2.45, 2.75) is 0 Å². The van der Waals surface area contributed by atoms with Crippen LogP contribution in [-0.4, -0.2) is 49.8 Å². The van der Waals surface area contributed by atoms with Gasteiger partial charge < -0.3 is 0 Å². The zero-order valence-corrected chi connectivity index (χ0v) is 49.3. The second kappa shape index (κ2) is 33.9. The first kappa shape index (κ1) is 60.7. The number of fused-ring (bicyclic) bond motifs is 9. The van der Waals surface area contributed by atoms with Gasteiger partial charge in [-0.25, -0.2) is 9.97 Å². The molecular formula is C80H62N10. The highest BCUT2D eigenvalue weighted by Crippen LogP contribution is 2.15. The Labute approximate surface area is 522 Å². The first-order chi connectivity index (χ1) is 44.7. The molecule has 0 saturated heterocycles. The molecule has 90 heavy (non-hydrogen) atoms. The van der Waals surface area contributed by atoms with Gasteiger partial charge in [0.15, 0.2) is 5.65 Å². The van der Waals surface area contributed by atoms with E-state index in [0.29, 0.717) is 0 Å². The molecule has 0 unspecified atom stereocenters. The van der Waals surface area contributed by atoms with E-state index in [1.165, 1.54) is 53.9 Å². The molecule has 0 amide bonds. The summed E-state index contributed by atoms with van der Waals surface area (Å²) in [4.78, 5) is 41.0. The molecule has 10 nitrogen and oxygen atoms in total. The predicted molar refractivity (Wildman–Crippen MR) is 373 cm³/mol. The van der Waals surface area contributed by atoms with Gasteiger partial charge in [-0.2, -0.15) is 0 Å². The lowest BCUT2D eigenvalue weighted by atomic mass is 10.1. The van der Waals surface area contributed by atoms with Crippen LogP contribution in [0.25, 0.3) is 97.9 Å². The number of rotatable bonds is 0. The van der Waals surface area contributed by atoms with E-state index in [9.17, 15) is 0 Å². The van der Waals surface area contributed by atoms with Crippen LogP contribution in [0.1, 0.15) is 0 Å². The van der Waals surface area contributed by atoms with E-state index < -0.39 is 0 Å². The molecule has 0 atom stereocenters. The monoisotopic (exact) mass is 1160 g/mol. The van der Waals surface area contributed by atoms with Gasteiger partial charge >= 0.3 is 0 Å². The summed E-state index contributed by atoms with van der Waals surface area (Å²) in [5.41, 5.74) is 6.00. The van der Waals surface area contributed by atoms with Crippen molar-refractivity contribution in [1.82, 2.24) is 49.8 Å². The van der Waals surface area contributed by atoms with Crippen LogP contribution in [0.15, 0.2) is 378 Å². The first-order valence-corrected chi connectivity index (χ1v) is 29.2. The molecule has 0 fully saturated rings. The van der Waals surface area contributed by atoms with Crippen molar-refractivity contribution in [3.05, 3.63) is 378 Å². The summed E-state index contributed by atoms with van der Waals surface area (Å²) < 4.78 is 0. The van der Waals surface area contributed by atoms with Gasteiger partial charge in [0.1, 0.15) is 0 Å². The topological polar surface area (TPSA) is 129 Å². The number of hydrogen-bond donors (Lipinski definition) is 0. The fraction of sp³-hybridized carbons (Fsp3) is 0. The van der Waals surface area contributed by atoms with Crippen molar-refractivity contribution in [1.29, 1.82) is 0 Å². The van der Waals surface area contributed by atoms with Gasteiger partial charge in [-0.3, -0.25) is 39.9 Å². The maximum atomic E-state index is 4.18. The lowest BCUT2D eigenvalue weighted by molar-refractivity contribution is 1.29. The van der Waals surface area contributed by atoms with Crippen LogP contribution in [0.3, 0.4) is 0 Å². The van der Waals surface area contributed by atoms with Crippen molar-refractivity contribution in [3.63, 3.8) is 0 Å². The average Bonchev–Trinajstić information content (AvgIpc) is 3.79. The van der Waals surface area contributed by atoms with E-state index in [4.69, 9.17) is 0 Å². The molecule has 0 N–H and O–H groups in total. The van der Waals surface area contributed by atoms with Crippen LogP contribution in [0.2, 0.25) is 0 Å². The van der Waals surface area contributed by atoms with Gasteiger partial charge in [-0.05, 0) is 129 Å². The summed E-state index contributed by atoms with van der Waals surface area (Å²) in [5, 5.41) is 14.5. The molecule has 0 aliphatic heterocycles. The molecule has 0 spiro atoms. The zero-order valence-electron chi connectivity index (χ0n) is 49.3. The van der Waals surface area contributed by atoms with Crippen LogP contribution in [0.5, 0.6) is 0 Å². The normalized spacial score (nSPS) is 10.0. The quantitative estimate of drug-likeness (QED) is 0.145. The second-order valence-electron chi connectivity index (χ2n) is 19.7. The first-order valence-electron chi connectivity index (χ1n) is 29.2.